The van der Waals surface area contributed by atoms with Gasteiger partial charge in [-0.3, -0.25) is 15.0 Å². The summed E-state index contributed by atoms with van der Waals surface area (Å²) in [5.74, 6) is -0.500. The average Bonchev–Trinajstić information content (AvgIpc) is 3.35. The van der Waals surface area contributed by atoms with E-state index in [0.29, 0.717) is 35.8 Å². The molecule has 0 bridgehead atoms. The Hall–Kier alpha value is -3.86. The largest absolute Gasteiger partial charge is 0.496 e. The van der Waals surface area contributed by atoms with Crippen LogP contribution in [-0.4, -0.2) is 69.5 Å². The molecule has 6 rings (SSSR count). The van der Waals surface area contributed by atoms with E-state index in [1.54, 1.807) is 31.2 Å². The van der Waals surface area contributed by atoms with Gasteiger partial charge in [-0.15, -0.1) is 0 Å². The summed E-state index contributed by atoms with van der Waals surface area (Å²) in [5, 5.41) is 13.5. The lowest BCUT2D eigenvalue weighted by molar-refractivity contribution is 0.0106. The Morgan fingerprint density at radius 3 is 2.63 bits per heavy atom. The lowest BCUT2D eigenvalue weighted by Gasteiger charge is -2.34. The number of hydrogen-bond acceptors (Lipinski definition) is 7. The van der Waals surface area contributed by atoms with Crippen molar-refractivity contribution in [1.82, 2.24) is 19.4 Å². The maximum Gasteiger partial charge on any atom is 0.261 e. The Morgan fingerprint density at radius 2 is 1.88 bits per heavy atom. The molecule has 226 valence electrons. The molecule has 0 radical (unpaired) electrons. The molecule has 10 heteroatoms. The standard InChI is InChI=1S/C33H38FN5O4/c1-21-18-25(29(34)30(35-21)24-6-4-5-7-28(24)42-3)31(40)37-32-36-26-19-22(20-38-14-16-43-17-15-38)8-9-27(26)39(32)23-10-12-33(2,41)13-11-23/h4-9,18-19,23,41H,10-17,20H2,1-3H3,(H,36,37,40)/t23-,33+. The lowest BCUT2D eigenvalue weighted by atomic mass is 9.83. The summed E-state index contributed by atoms with van der Waals surface area (Å²) in [5.41, 5.74) is 2.98. The fraction of sp³-hybridized carbons (Fsp3) is 0.424. The van der Waals surface area contributed by atoms with Crippen molar-refractivity contribution in [3.05, 3.63) is 71.2 Å². The van der Waals surface area contributed by atoms with Crippen molar-refractivity contribution in [1.29, 1.82) is 0 Å². The number of rotatable bonds is 7. The number of carbonyl (C=O) groups excluding carboxylic acids is 1. The van der Waals surface area contributed by atoms with E-state index in [1.807, 2.05) is 11.5 Å². The third-order valence-corrected chi connectivity index (χ3v) is 8.58. The summed E-state index contributed by atoms with van der Waals surface area (Å²) >= 11 is 0. The van der Waals surface area contributed by atoms with Gasteiger partial charge in [0.1, 0.15) is 11.4 Å². The summed E-state index contributed by atoms with van der Waals surface area (Å²) in [7, 11) is 1.52. The quantitative estimate of drug-likeness (QED) is 0.294. The molecule has 1 aliphatic carbocycles. The first kappa shape index (κ1) is 29.2. The monoisotopic (exact) mass is 587 g/mol. The van der Waals surface area contributed by atoms with E-state index in [9.17, 15) is 9.90 Å². The highest BCUT2D eigenvalue weighted by atomic mass is 19.1. The number of nitrogens with zero attached hydrogens (tertiary/aromatic N) is 4. The number of aryl methyl sites for hydroxylation is 1. The van der Waals surface area contributed by atoms with Crippen LogP contribution in [0.3, 0.4) is 0 Å². The summed E-state index contributed by atoms with van der Waals surface area (Å²) in [6, 6.07) is 14.7. The van der Waals surface area contributed by atoms with Gasteiger partial charge in [-0.25, -0.2) is 14.4 Å². The molecule has 43 heavy (non-hydrogen) atoms. The molecule has 0 unspecified atom stereocenters. The zero-order chi connectivity index (χ0) is 30.1. The predicted octanol–water partition coefficient (Wildman–Crippen LogP) is 5.51. The number of para-hydroxylation sites is 1. The number of fused-ring (bicyclic) bond motifs is 1. The zero-order valence-corrected chi connectivity index (χ0v) is 24.9. The average molecular weight is 588 g/mol. The highest BCUT2D eigenvalue weighted by molar-refractivity contribution is 6.05. The van der Waals surface area contributed by atoms with Crippen LogP contribution in [0.15, 0.2) is 48.5 Å². The molecule has 2 fully saturated rings. The highest BCUT2D eigenvalue weighted by Gasteiger charge is 2.32. The summed E-state index contributed by atoms with van der Waals surface area (Å²) in [6.07, 6.45) is 2.75. The zero-order valence-electron chi connectivity index (χ0n) is 24.9. The number of ether oxygens (including phenoxy) is 2. The van der Waals surface area contributed by atoms with Crippen LogP contribution in [0.2, 0.25) is 0 Å². The minimum atomic E-state index is -0.725. The van der Waals surface area contributed by atoms with E-state index < -0.39 is 17.3 Å². The van der Waals surface area contributed by atoms with E-state index in [1.165, 1.54) is 13.2 Å². The van der Waals surface area contributed by atoms with Crippen LogP contribution in [0, 0.1) is 12.7 Å². The SMILES string of the molecule is COc1ccccc1-c1nc(C)cc(C(=O)Nc2nc3cc(CN4CCOCC4)ccc3n2[C@H]2CC[C@@](C)(O)CC2)c1F. The first-order chi connectivity index (χ1) is 20.7. The number of amides is 1. The maximum atomic E-state index is 16.0. The molecule has 1 amide bonds. The van der Waals surface area contributed by atoms with Gasteiger partial charge in [-0.05, 0) is 75.4 Å². The summed E-state index contributed by atoms with van der Waals surface area (Å²) < 4.78 is 29.0. The molecule has 2 aromatic carbocycles. The second-order valence-electron chi connectivity index (χ2n) is 11.9. The Labute approximate surface area is 250 Å². The molecular weight excluding hydrogens is 549 g/mol. The third-order valence-electron chi connectivity index (χ3n) is 8.58. The molecule has 9 nitrogen and oxygen atoms in total. The number of pyridine rings is 1. The number of anilines is 1. The number of benzene rings is 2. The lowest BCUT2D eigenvalue weighted by Crippen LogP contribution is -2.35. The fourth-order valence-electron chi connectivity index (χ4n) is 6.21. The fourth-order valence-corrected chi connectivity index (χ4v) is 6.21. The molecule has 3 heterocycles. The molecule has 1 saturated heterocycles. The van der Waals surface area contributed by atoms with Crippen molar-refractivity contribution in [2.24, 2.45) is 0 Å². The number of methoxy groups -OCH3 is 1. The van der Waals surface area contributed by atoms with Gasteiger partial charge in [-0.1, -0.05) is 18.2 Å². The molecule has 1 saturated carbocycles. The maximum absolute atomic E-state index is 16.0. The molecule has 4 aromatic rings. The van der Waals surface area contributed by atoms with E-state index in [0.717, 1.165) is 62.3 Å². The molecular formula is C33H38FN5O4. The molecule has 0 atom stereocenters. The topological polar surface area (TPSA) is 102 Å². The van der Waals surface area contributed by atoms with Gasteiger partial charge in [0, 0.05) is 36.9 Å². The van der Waals surface area contributed by atoms with Crippen LogP contribution in [0.1, 0.15) is 60.3 Å². The van der Waals surface area contributed by atoms with Gasteiger partial charge < -0.3 is 19.1 Å². The highest BCUT2D eigenvalue weighted by Crippen LogP contribution is 2.39. The van der Waals surface area contributed by atoms with Gasteiger partial charge >= 0.3 is 0 Å². The van der Waals surface area contributed by atoms with Gasteiger partial charge in [0.05, 0.1) is 42.5 Å². The second-order valence-corrected chi connectivity index (χ2v) is 11.9. The van der Waals surface area contributed by atoms with E-state index >= 15 is 4.39 Å². The van der Waals surface area contributed by atoms with E-state index in [2.05, 4.69) is 33.4 Å². The van der Waals surface area contributed by atoms with Crippen molar-refractivity contribution >= 4 is 22.9 Å². The van der Waals surface area contributed by atoms with Gasteiger partial charge in [0.25, 0.3) is 5.91 Å². The first-order valence-corrected chi connectivity index (χ1v) is 14.9. The molecule has 2 N–H and O–H groups in total. The van der Waals surface area contributed by atoms with Crippen molar-refractivity contribution in [2.45, 2.75) is 57.7 Å². The Bertz CT molecular complexity index is 1640. The summed E-state index contributed by atoms with van der Waals surface area (Å²) in [6.45, 7) is 7.59. The molecule has 2 aliphatic rings. The smallest absolute Gasteiger partial charge is 0.261 e. The number of carbonyl (C=O) groups is 1. The van der Waals surface area contributed by atoms with Gasteiger partial charge in [-0.2, -0.15) is 0 Å². The summed E-state index contributed by atoms with van der Waals surface area (Å²) in [4.78, 5) is 25.4. The number of aromatic nitrogens is 3. The van der Waals surface area contributed by atoms with Crippen LogP contribution >= 0.6 is 0 Å². The number of hydrogen-bond donors (Lipinski definition) is 2. The number of morpholine rings is 1. The van der Waals surface area contributed by atoms with E-state index in [-0.39, 0.29) is 17.3 Å². The Kier molecular flexibility index (Phi) is 8.17. The van der Waals surface area contributed by atoms with Crippen LogP contribution in [0.5, 0.6) is 5.75 Å². The van der Waals surface area contributed by atoms with Crippen LogP contribution < -0.4 is 10.1 Å². The number of nitrogens with one attached hydrogen (secondary N) is 1. The number of imidazole rings is 1. The second kappa shape index (κ2) is 12.0. The molecule has 1 aliphatic heterocycles. The van der Waals surface area contributed by atoms with Crippen molar-refractivity contribution in [2.75, 3.05) is 38.7 Å². The van der Waals surface area contributed by atoms with Gasteiger partial charge in [0.2, 0.25) is 5.95 Å². The van der Waals surface area contributed by atoms with Crippen LogP contribution in [0.4, 0.5) is 10.3 Å². The Morgan fingerprint density at radius 1 is 1.14 bits per heavy atom. The van der Waals surface area contributed by atoms with Crippen molar-refractivity contribution in [3.63, 3.8) is 0 Å². The molecule has 2 aromatic heterocycles. The minimum Gasteiger partial charge on any atom is -0.496 e. The third kappa shape index (κ3) is 6.13. The first-order valence-electron chi connectivity index (χ1n) is 14.9. The molecule has 0 spiro atoms. The Balaban J connectivity index is 1.36. The predicted molar refractivity (Wildman–Crippen MR) is 163 cm³/mol. The van der Waals surface area contributed by atoms with Crippen LogP contribution in [0.25, 0.3) is 22.3 Å². The van der Waals surface area contributed by atoms with E-state index in [4.69, 9.17) is 14.5 Å². The minimum absolute atomic E-state index is 0.0267. The van der Waals surface area contributed by atoms with Crippen LogP contribution in [-0.2, 0) is 11.3 Å². The number of halogens is 1. The van der Waals surface area contributed by atoms with Crippen molar-refractivity contribution < 1.29 is 23.8 Å². The van der Waals surface area contributed by atoms with Crippen molar-refractivity contribution in [3.8, 4) is 17.0 Å². The number of aliphatic hydroxyl groups is 1. The normalized spacial score (nSPS) is 21.2. The van der Waals surface area contributed by atoms with Gasteiger partial charge in [0.15, 0.2) is 5.82 Å².